The highest BCUT2D eigenvalue weighted by Gasteiger charge is 2.19. The molecule has 1 heterocycles. The molecule has 0 saturated carbocycles. The van der Waals surface area contributed by atoms with Crippen molar-refractivity contribution < 1.29 is 8.78 Å². The van der Waals surface area contributed by atoms with Gasteiger partial charge in [0.15, 0.2) is 0 Å². The molecule has 1 N–H and O–H groups in total. The van der Waals surface area contributed by atoms with Gasteiger partial charge in [-0.05, 0) is 24.1 Å². The predicted octanol–water partition coefficient (Wildman–Crippen LogP) is 3.60. The van der Waals surface area contributed by atoms with Gasteiger partial charge in [0.25, 0.3) is 0 Å². The summed E-state index contributed by atoms with van der Waals surface area (Å²) in [5, 5.41) is 3.19. The Hall–Kier alpha value is -1.90. The summed E-state index contributed by atoms with van der Waals surface area (Å²) in [5.74, 6) is -1.04. The van der Waals surface area contributed by atoms with Gasteiger partial charge in [0.1, 0.15) is 11.6 Å². The van der Waals surface area contributed by atoms with Crippen LogP contribution in [-0.2, 0) is 6.42 Å². The van der Waals surface area contributed by atoms with E-state index in [9.17, 15) is 8.78 Å². The van der Waals surface area contributed by atoms with Crippen molar-refractivity contribution in [3.05, 3.63) is 53.6 Å². The number of halogens is 2. The van der Waals surface area contributed by atoms with Gasteiger partial charge in [-0.25, -0.2) is 8.78 Å². The molecule has 0 fully saturated rings. The second kappa shape index (κ2) is 3.84. The first kappa shape index (κ1) is 10.3. The number of fused-ring (bicyclic) bond motifs is 1. The SMILES string of the molecule is Fc1cccc(F)c1-c1cccc2c1NCC2. The zero-order valence-corrected chi connectivity index (χ0v) is 9.13. The molecule has 0 aliphatic carbocycles. The molecular weight excluding hydrogens is 220 g/mol. The lowest BCUT2D eigenvalue weighted by Gasteiger charge is -2.10. The number of hydrogen-bond acceptors (Lipinski definition) is 1. The van der Waals surface area contributed by atoms with E-state index in [2.05, 4.69) is 5.32 Å². The van der Waals surface area contributed by atoms with Crippen LogP contribution in [0.2, 0.25) is 0 Å². The number of nitrogens with one attached hydrogen (secondary N) is 1. The summed E-state index contributed by atoms with van der Waals surface area (Å²) in [5.41, 5.74) is 2.64. The monoisotopic (exact) mass is 231 g/mol. The fraction of sp³-hybridized carbons (Fsp3) is 0.143. The van der Waals surface area contributed by atoms with E-state index in [0.717, 1.165) is 24.2 Å². The molecule has 86 valence electrons. The van der Waals surface area contributed by atoms with Crippen molar-refractivity contribution in [2.45, 2.75) is 6.42 Å². The van der Waals surface area contributed by atoms with Crippen molar-refractivity contribution in [2.24, 2.45) is 0 Å². The molecular formula is C14H11F2N. The van der Waals surface area contributed by atoms with Crippen molar-refractivity contribution >= 4 is 5.69 Å². The van der Waals surface area contributed by atoms with Crippen molar-refractivity contribution in [1.29, 1.82) is 0 Å². The number of rotatable bonds is 1. The normalized spacial score (nSPS) is 13.3. The second-order valence-electron chi connectivity index (χ2n) is 4.11. The van der Waals surface area contributed by atoms with Gasteiger partial charge in [-0.3, -0.25) is 0 Å². The summed E-state index contributed by atoms with van der Waals surface area (Å²) in [7, 11) is 0. The molecule has 1 aliphatic heterocycles. The van der Waals surface area contributed by atoms with E-state index in [1.807, 2.05) is 12.1 Å². The van der Waals surface area contributed by atoms with Crippen LogP contribution in [0.4, 0.5) is 14.5 Å². The molecule has 0 saturated heterocycles. The predicted molar refractivity (Wildman–Crippen MR) is 64.0 cm³/mol. The quantitative estimate of drug-likeness (QED) is 0.790. The Bertz CT molecular complexity index is 558. The third-order valence-corrected chi connectivity index (χ3v) is 3.08. The molecule has 3 rings (SSSR count). The van der Waals surface area contributed by atoms with E-state index < -0.39 is 11.6 Å². The van der Waals surface area contributed by atoms with Gasteiger partial charge < -0.3 is 5.32 Å². The van der Waals surface area contributed by atoms with Gasteiger partial charge in [0.2, 0.25) is 0 Å². The minimum atomic E-state index is -0.521. The lowest BCUT2D eigenvalue weighted by Crippen LogP contribution is -1.96. The van der Waals surface area contributed by atoms with Crippen molar-refractivity contribution in [1.82, 2.24) is 0 Å². The molecule has 17 heavy (non-hydrogen) atoms. The number of benzene rings is 2. The van der Waals surface area contributed by atoms with E-state index in [-0.39, 0.29) is 5.56 Å². The van der Waals surface area contributed by atoms with Crippen LogP contribution in [0.5, 0.6) is 0 Å². The molecule has 0 spiro atoms. The highest BCUT2D eigenvalue weighted by Crippen LogP contribution is 2.36. The Morgan fingerprint density at radius 3 is 2.41 bits per heavy atom. The summed E-state index contributed by atoms with van der Waals surface area (Å²) in [6.45, 7) is 0.822. The van der Waals surface area contributed by atoms with Crippen LogP contribution < -0.4 is 5.32 Å². The number of anilines is 1. The minimum absolute atomic E-state index is 0.0544. The van der Waals surface area contributed by atoms with Gasteiger partial charge in [0, 0.05) is 17.8 Å². The Morgan fingerprint density at radius 2 is 1.65 bits per heavy atom. The van der Waals surface area contributed by atoms with Crippen LogP contribution in [0.25, 0.3) is 11.1 Å². The van der Waals surface area contributed by atoms with E-state index in [4.69, 9.17) is 0 Å². The van der Waals surface area contributed by atoms with Crippen LogP contribution in [0, 0.1) is 11.6 Å². The molecule has 2 aromatic rings. The minimum Gasteiger partial charge on any atom is -0.384 e. The van der Waals surface area contributed by atoms with Gasteiger partial charge in [0.05, 0.1) is 5.56 Å². The summed E-state index contributed by atoms with van der Waals surface area (Å²) in [6, 6.07) is 9.52. The molecule has 0 amide bonds. The van der Waals surface area contributed by atoms with Gasteiger partial charge in [-0.15, -0.1) is 0 Å². The molecule has 0 aromatic heterocycles. The largest absolute Gasteiger partial charge is 0.384 e. The van der Waals surface area contributed by atoms with Crippen LogP contribution in [-0.4, -0.2) is 6.54 Å². The van der Waals surface area contributed by atoms with Gasteiger partial charge in [-0.2, -0.15) is 0 Å². The van der Waals surface area contributed by atoms with Crippen molar-refractivity contribution in [3.8, 4) is 11.1 Å². The fourth-order valence-corrected chi connectivity index (χ4v) is 2.30. The number of para-hydroxylation sites is 1. The molecule has 3 heteroatoms. The third kappa shape index (κ3) is 1.58. The smallest absolute Gasteiger partial charge is 0.134 e. The van der Waals surface area contributed by atoms with E-state index in [1.54, 1.807) is 6.07 Å². The third-order valence-electron chi connectivity index (χ3n) is 3.08. The van der Waals surface area contributed by atoms with Crippen molar-refractivity contribution in [3.63, 3.8) is 0 Å². The Labute approximate surface area is 98.1 Å². The summed E-state index contributed by atoms with van der Waals surface area (Å²) in [4.78, 5) is 0. The second-order valence-corrected chi connectivity index (χ2v) is 4.11. The lowest BCUT2D eigenvalue weighted by molar-refractivity contribution is 0.590. The van der Waals surface area contributed by atoms with E-state index in [1.165, 1.54) is 18.2 Å². The van der Waals surface area contributed by atoms with Crippen LogP contribution in [0.15, 0.2) is 36.4 Å². The van der Waals surface area contributed by atoms with Crippen molar-refractivity contribution in [2.75, 3.05) is 11.9 Å². The molecule has 0 unspecified atom stereocenters. The average molecular weight is 231 g/mol. The maximum absolute atomic E-state index is 13.7. The highest BCUT2D eigenvalue weighted by molar-refractivity contribution is 5.82. The summed E-state index contributed by atoms with van der Waals surface area (Å²) < 4.78 is 27.5. The molecule has 2 aromatic carbocycles. The first-order chi connectivity index (χ1) is 8.27. The zero-order chi connectivity index (χ0) is 11.8. The first-order valence-electron chi connectivity index (χ1n) is 5.57. The maximum Gasteiger partial charge on any atom is 0.134 e. The average Bonchev–Trinajstić information content (AvgIpc) is 2.77. The standard InChI is InChI=1S/C14H11F2N/c15-11-5-2-6-12(16)13(11)10-4-1-3-9-7-8-17-14(9)10/h1-6,17H,7-8H2. The zero-order valence-electron chi connectivity index (χ0n) is 9.13. The van der Waals surface area contributed by atoms with Crippen LogP contribution in [0.1, 0.15) is 5.56 Å². The van der Waals surface area contributed by atoms with E-state index >= 15 is 0 Å². The lowest BCUT2D eigenvalue weighted by atomic mass is 9.99. The van der Waals surface area contributed by atoms with Crippen LogP contribution in [0.3, 0.4) is 0 Å². The Balaban J connectivity index is 2.26. The van der Waals surface area contributed by atoms with Crippen LogP contribution >= 0.6 is 0 Å². The highest BCUT2D eigenvalue weighted by atomic mass is 19.1. The fourth-order valence-electron chi connectivity index (χ4n) is 2.30. The van der Waals surface area contributed by atoms with Gasteiger partial charge >= 0.3 is 0 Å². The summed E-state index contributed by atoms with van der Waals surface area (Å²) >= 11 is 0. The molecule has 1 nitrogen and oxygen atoms in total. The first-order valence-corrected chi connectivity index (χ1v) is 5.57. The summed E-state index contributed by atoms with van der Waals surface area (Å²) in [6.07, 6.45) is 0.902. The molecule has 0 bridgehead atoms. The molecule has 0 atom stereocenters. The van der Waals surface area contributed by atoms with E-state index in [0.29, 0.717) is 5.56 Å². The Kier molecular flexibility index (Phi) is 2.32. The molecule has 1 aliphatic rings. The van der Waals surface area contributed by atoms with Gasteiger partial charge in [-0.1, -0.05) is 24.3 Å². The molecule has 0 radical (unpaired) electrons. The Morgan fingerprint density at radius 1 is 0.941 bits per heavy atom. The maximum atomic E-state index is 13.7. The topological polar surface area (TPSA) is 12.0 Å². The number of hydrogen-bond donors (Lipinski definition) is 1.